The fraction of sp³-hybridized carbons (Fsp3) is 0.350. The number of methoxy groups -OCH3 is 1. The molecule has 4 heteroatoms. The zero-order valence-corrected chi connectivity index (χ0v) is 16.9. The van der Waals surface area contributed by atoms with E-state index in [1.807, 2.05) is 25.1 Å². The van der Waals surface area contributed by atoms with Crippen LogP contribution in [-0.4, -0.2) is 19.1 Å². The smallest absolute Gasteiger partial charge is 0.305 e. The Labute approximate surface area is 158 Å². The number of nitrogens with one attached hydrogen (secondary N) is 1. The Kier molecular flexibility index (Phi) is 8.92. The Balaban J connectivity index is 0.00000288. The molecule has 0 aliphatic carbocycles. The van der Waals surface area contributed by atoms with Crippen LogP contribution in [0.15, 0.2) is 54.6 Å². The minimum absolute atomic E-state index is 0. The second-order valence-electron chi connectivity index (χ2n) is 6.09. The van der Waals surface area contributed by atoms with Gasteiger partial charge in [0.1, 0.15) is 0 Å². The number of carbonyl (C=O) groups excluding carboxylic acids is 1. The molecule has 2 aromatic rings. The van der Waals surface area contributed by atoms with Crippen molar-refractivity contribution in [3.63, 3.8) is 0 Å². The van der Waals surface area contributed by atoms with Gasteiger partial charge in [0.25, 0.3) is 0 Å². The second-order valence-corrected chi connectivity index (χ2v) is 6.09. The third kappa shape index (κ3) is 6.57. The maximum Gasteiger partial charge on any atom is 0.305 e. The molecule has 0 fully saturated rings. The van der Waals surface area contributed by atoms with Crippen molar-refractivity contribution in [1.29, 1.82) is 0 Å². The van der Waals surface area contributed by atoms with Gasteiger partial charge in [-0.15, -0.1) is 6.04 Å². The summed E-state index contributed by atoms with van der Waals surface area (Å²) in [5.74, 6) is -0.0227. The van der Waals surface area contributed by atoms with Crippen LogP contribution in [0, 0.1) is 5.92 Å². The van der Waals surface area contributed by atoms with Gasteiger partial charge in [-0.3, -0.25) is 4.79 Å². The largest absolute Gasteiger partial charge is 0.674 e. The molecule has 2 rings (SSSR count). The summed E-state index contributed by atoms with van der Waals surface area (Å²) in [6, 6.07) is 18.5. The predicted molar refractivity (Wildman–Crippen MR) is 94.1 cm³/mol. The quantitative estimate of drug-likeness (QED) is 0.512. The molecule has 2 atom stereocenters. The minimum Gasteiger partial charge on any atom is -0.674 e. The van der Waals surface area contributed by atoms with E-state index in [1.165, 1.54) is 18.2 Å². The van der Waals surface area contributed by atoms with Crippen molar-refractivity contribution >= 4 is 5.97 Å². The normalized spacial score (nSPS) is 12.8. The Hall–Kier alpha value is -1.47. The molecule has 0 bridgehead atoms. The maximum absolute atomic E-state index is 11.3. The standard InChI is InChI=1S/C20H24NO2.Re/c1-15(13-20(22)23-2)12-19(21)14-16-8-10-18(11-9-16)17-6-4-3-5-7-17;/h3-11,15,19,21H,12-14H2,1-2H3;/q-1;/t15?,19-;/m1./s1. The topological polar surface area (TPSA) is 50.1 Å². The van der Waals surface area contributed by atoms with Crippen molar-refractivity contribution in [3.8, 4) is 11.1 Å². The van der Waals surface area contributed by atoms with Crippen LogP contribution in [-0.2, 0) is 36.4 Å². The monoisotopic (exact) mass is 497 g/mol. The summed E-state index contributed by atoms with van der Waals surface area (Å²) in [7, 11) is 1.40. The Morgan fingerprint density at radius 2 is 1.62 bits per heavy atom. The van der Waals surface area contributed by atoms with E-state index in [-0.39, 0.29) is 38.4 Å². The van der Waals surface area contributed by atoms with Crippen LogP contribution in [0.3, 0.4) is 0 Å². The first-order valence-corrected chi connectivity index (χ1v) is 8.00. The van der Waals surface area contributed by atoms with E-state index in [0.717, 1.165) is 5.56 Å². The van der Waals surface area contributed by atoms with Gasteiger partial charge < -0.3 is 10.5 Å². The minimum atomic E-state index is -0.197. The molecule has 1 unspecified atom stereocenters. The van der Waals surface area contributed by atoms with E-state index in [0.29, 0.717) is 19.3 Å². The average Bonchev–Trinajstić information content (AvgIpc) is 2.56. The summed E-state index contributed by atoms with van der Waals surface area (Å²) < 4.78 is 4.68. The molecule has 24 heavy (non-hydrogen) atoms. The van der Waals surface area contributed by atoms with Crippen LogP contribution < -0.4 is 0 Å². The molecule has 1 radical (unpaired) electrons. The van der Waals surface area contributed by atoms with Crippen LogP contribution in [0.4, 0.5) is 0 Å². The predicted octanol–water partition coefficient (Wildman–Crippen LogP) is 4.90. The third-order valence-electron chi connectivity index (χ3n) is 3.97. The van der Waals surface area contributed by atoms with Crippen LogP contribution in [0.5, 0.6) is 0 Å². The van der Waals surface area contributed by atoms with Gasteiger partial charge in [0.15, 0.2) is 0 Å². The fourth-order valence-electron chi connectivity index (χ4n) is 2.77. The summed E-state index contributed by atoms with van der Waals surface area (Å²) in [6.07, 6.45) is 1.80. The molecule has 0 aromatic heterocycles. The van der Waals surface area contributed by atoms with Gasteiger partial charge in [0.05, 0.1) is 7.11 Å². The number of benzene rings is 2. The first kappa shape index (κ1) is 20.6. The molecular weight excluding hydrogens is 472 g/mol. The summed E-state index contributed by atoms with van der Waals surface area (Å²) in [6.45, 7) is 2.00. The molecule has 0 amide bonds. The van der Waals surface area contributed by atoms with Crippen molar-refractivity contribution in [3.05, 3.63) is 65.9 Å². The number of hydrogen-bond acceptors (Lipinski definition) is 2. The van der Waals surface area contributed by atoms with Crippen LogP contribution in [0.2, 0.25) is 0 Å². The SMILES string of the molecule is COC(=O)CC(C)C[C@@H]([NH-])Cc1ccc(-c2ccccc2)cc1.[Re]. The van der Waals surface area contributed by atoms with E-state index in [9.17, 15) is 4.79 Å². The molecule has 0 aliphatic heterocycles. The third-order valence-corrected chi connectivity index (χ3v) is 3.97. The zero-order valence-electron chi connectivity index (χ0n) is 14.2. The molecule has 0 saturated heterocycles. The van der Waals surface area contributed by atoms with E-state index >= 15 is 0 Å². The second kappa shape index (κ2) is 10.4. The molecule has 0 saturated carbocycles. The molecule has 1 N–H and O–H groups in total. The van der Waals surface area contributed by atoms with Gasteiger partial charge in [-0.1, -0.05) is 67.9 Å². The number of esters is 1. The summed E-state index contributed by atoms with van der Waals surface area (Å²) in [4.78, 5) is 11.3. The molecule has 3 nitrogen and oxygen atoms in total. The van der Waals surface area contributed by atoms with Crippen LogP contribution in [0.25, 0.3) is 16.9 Å². The first-order valence-electron chi connectivity index (χ1n) is 8.00. The summed E-state index contributed by atoms with van der Waals surface area (Å²) in [5.41, 5.74) is 11.8. The van der Waals surface area contributed by atoms with E-state index < -0.39 is 0 Å². The average molecular weight is 497 g/mol. The van der Waals surface area contributed by atoms with Gasteiger partial charge in [-0.25, -0.2) is 0 Å². The van der Waals surface area contributed by atoms with Crippen molar-refractivity contribution in [2.45, 2.75) is 32.2 Å². The summed E-state index contributed by atoms with van der Waals surface area (Å²) >= 11 is 0. The van der Waals surface area contributed by atoms with Crippen LogP contribution >= 0.6 is 0 Å². The van der Waals surface area contributed by atoms with Gasteiger partial charge in [0, 0.05) is 26.8 Å². The van der Waals surface area contributed by atoms with Gasteiger partial charge >= 0.3 is 5.97 Å². The van der Waals surface area contributed by atoms with E-state index in [4.69, 9.17) is 5.73 Å². The Bertz CT molecular complexity index is 613. The van der Waals surface area contributed by atoms with Crippen LogP contribution in [0.1, 0.15) is 25.3 Å². The van der Waals surface area contributed by atoms with Gasteiger partial charge in [0.2, 0.25) is 0 Å². The molecular formula is C20H24NO2Re-. The van der Waals surface area contributed by atoms with Gasteiger partial charge in [-0.05, 0) is 29.0 Å². The molecule has 0 aliphatic rings. The number of carbonyl (C=O) groups is 1. The zero-order chi connectivity index (χ0) is 16.7. The number of hydrogen-bond donors (Lipinski definition) is 0. The first-order chi connectivity index (χ1) is 11.1. The van der Waals surface area contributed by atoms with Crippen molar-refractivity contribution in [2.75, 3.05) is 7.11 Å². The number of ether oxygens (including phenoxy) is 1. The van der Waals surface area contributed by atoms with E-state index in [2.05, 4.69) is 41.1 Å². The Morgan fingerprint density at radius 1 is 1.04 bits per heavy atom. The molecule has 0 heterocycles. The number of rotatable bonds is 7. The molecule has 0 spiro atoms. The maximum atomic E-state index is 11.3. The van der Waals surface area contributed by atoms with Gasteiger partial charge in [-0.2, -0.15) is 0 Å². The molecule has 2 aromatic carbocycles. The van der Waals surface area contributed by atoms with Crippen molar-refractivity contribution in [1.82, 2.24) is 0 Å². The van der Waals surface area contributed by atoms with Crippen molar-refractivity contribution in [2.24, 2.45) is 5.92 Å². The Morgan fingerprint density at radius 3 is 2.21 bits per heavy atom. The summed E-state index contributed by atoms with van der Waals surface area (Å²) in [5, 5.41) is 0. The fourth-order valence-corrected chi connectivity index (χ4v) is 2.77. The van der Waals surface area contributed by atoms with E-state index in [1.54, 1.807) is 0 Å². The van der Waals surface area contributed by atoms with Crippen molar-refractivity contribution < 1.29 is 30.0 Å². The molecule has 129 valence electrons.